The minimum absolute atomic E-state index is 0.0642. The Hall–Kier alpha value is -0.130. The molecule has 0 amide bonds. The molecule has 4 nitrogen and oxygen atoms in total. The zero-order valence-corrected chi connectivity index (χ0v) is 9.17. The van der Waals surface area contributed by atoms with Gasteiger partial charge in [-0.1, -0.05) is 0 Å². The maximum absolute atomic E-state index is 11.4. The van der Waals surface area contributed by atoms with Crippen molar-refractivity contribution in [3.8, 4) is 0 Å². The summed E-state index contributed by atoms with van der Waals surface area (Å²) in [4.78, 5) is 2.26. The van der Waals surface area contributed by atoms with Crippen LogP contribution in [-0.4, -0.2) is 50.5 Å². The summed E-state index contributed by atoms with van der Waals surface area (Å²) >= 11 is 0. The first-order valence-electron chi connectivity index (χ1n) is 5.25. The van der Waals surface area contributed by atoms with Gasteiger partial charge in [-0.2, -0.15) is 0 Å². The summed E-state index contributed by atoms with van der Waals surface area (Å²) in [6, 6.07) is 0.0642. The number of nitrogens with two attached hydrogens (primary N) is 1. The van der Waals surface area contributed by atoms with Gasteiger partial charge in [0, 0.05) is 25.7 Å². The van der Waals surface area contributed by atoms with Crippen LogP contribution in [0.15, 0.2) is 0 Å². The maximum atomic E-state index is 11.4. The van der Waals surface area contributed by atoms with Crippen LogP contribution < -0.4 is 5.73 Å². The van der Waals surface area contributed by atoms with Gasteiger partial charge in [0.1, 0.15) is 0 Å². The molecule has 0 aromatic heterocycles. The molecule has 82 valence electrons. The molecule has 2 fully saturated rings. The maximum Gasteiger partial charge on any atom is 0.153 e. The number of rotatable bonds is 3. The second-order valence-electron chi connectivity index (χ2n) is 4.44. The van der Waals surface area contributed by atoms with Crippen molar-refractivity contribution < 1.29 is 8.42 Å². The summed E-state index contributed by atoms with van der Waals surface area (Å²) in [5.74, 6) is 1.39. The quantitative estimate of drug-likeness (QED) is 0.690. The molecule has 1 atom stereocenters. The van der Waals surface area contributed by atoms with E-state index in [2.05, 4.69) is 4.90 Å². The first-order valence-corrected chi connectivity index (χ1v) is 7.07. The summed E-state index contributed by atoms with van der Waals surface area (Å²) in [5, 5.41) is 0. The summed E-state index contributed by atoms with van der Waals surface area (Å²) in [6.07, 6.45) is 2.61. The standard InChI is InChI=1S/C9H18N2O2S/c10-5-9-7-14(12,13)4-3-11(9)6-8-1-2-8/h8-9H,1-7,10H2. The molecule has 0 spiro atoms. The molecule has 0 bridgehead atoms. The van der Waals surface area contributed by atoms with Gasteiger partial charge in [-0.25, -0.2) is 8.42 Å². The molecule has 0 aromatic rings. The molecule has 5 heteroatoms. The Morgan fingerprint density at radius 3 is 2.64 bits per heavy atom. The Morgan fingerprint density at radius 2 is 2.07 bits per heavy atom. The van der Waals surface area contributed by atoms with Gasteiger partial charge in [0.2, 0.25) is 0 Å². The molecular formula is C9H18N2O2S. The van der Waals surface area contributed by atoms with Crippen LogP contribution in [0.5, 0.6) is 0 Å². The van der Waals surface area contributed by atoms with Crippen molar-refractivity contribution in [2.45, 2.75) is 18.9 Å². The van der Waals surface area contributed by atoms with Gasteiger partial charge in [-0.15, -0.1) is 0 Å². The second-order valence-corrected chi connectivity index (χ2v) is 6.67. The highest BCUT2D eigenvalue weighted by molar-refractivity contribution is 7.91. The Balaban J connectivity index is 1.96. The molecule has 0 aromatic carbocycles. The third-order valence-electron chi connectivity index (χ3n) is 3.11. The molecule has 1 saturated heterocycles. The van der Waals surface area contributed by atoms with Crippen molar-refractivity contribution in [1.29, 1.82) is 0 Å². The van der Waals surface area contributed by atoms with E-state index < -0.39 is 9.84 Å². The minimum Gasteiger partial charge on any atom is -0.329 e. The predicted octanol–water partition coefficient (Wildman–Crippen LogP) is -0.546. The molecule has 2 N–H and O–H groups in total. The molecule has 2 aliphatic rings. The average Bonchev–Trinajstić information content (AvgIpc) is 2.91. The van der Waals surface area contributed by atoms with Crippen LogP contribution in [0.2, 0.25) is 0 Å². The predicted molar refractivity (Wildman–Crippen MR) is 55.8 cm³/mol. The third-order valence-corrected chi connectivity index (χ3v) is 4.81. The van der Waals surface area contributed by atoms with Crippen LogP contribution in [0, 0.1) is 5.92 Å². The van der Waals surface area contributed by atoms with Gasteiger partial charge >= 0.3 is 0 Å². The second kappa shape index (κ2) is 3.79. The largest absolute Gasteiger partial charge is 0.329 e. The molecule has 1 aliphatic carbocycles. The molecule has 1 aliphatic heterocycles. The highest BCUT2D eigenvalue weighted by atomic mass is 32.2. The minimum atomic E-state index is -2.81. The van der Waals surface area contributed by atoms with E-state index in [0.717, 1.165) is 12.5 Å². The Labute approximate surface area is 85.4 Å². The van der Waals surface area contributed by atoms with Gasteiger partial charge in [0.15, 0.2) is 9.84 Å². The van der Waals surface area contributed by atoms with E-state index in [1.165, 1.54) is 12.8 Å². The smallest absolute Gasteiger partial charge is 0.153 e. The number of sulfone groups is 1. The lowest BCUT2D eigenvalue weighted by molar-refractivity contribution is 0.209. The molecule has 1 heterocycles. The first kappa shape index (κ1) is 10.4. The summed E-state index contributed by atoms with van der Waals surface area (Å²) < 4.78 is 22.8. The Bertz CT molecular complexity index is 298. The van der Waals surface area contributed by atoms with E-state index >= 15 is 0 Å². The van der Waals surface area contributed by atoms with E-state index in [9.17, 15) is 8.42 Å². The molecule has 1 unspecified atom stereocenters. The highest BCUT2D eigenvalue weighted by Gasteiger charge is 2.33. The number of nitrogens with zero attached hydrogens (tertiary/aromatic N) is 1. The SMILES string of the molecule is NCC1CS(=O)(=O)CCN1CC1CC1. The van der Waals surface area contributed by atoms with E-state index in [1.54, 1.807) is 0 Å². The lowest BCUT2D eigenvalue weighted by Crippen LogP contribution is -2.52. The number of hydrogen-bond acceptors (Lipinski definition) is 4. The van der Waals surface area contributed by atoms with Crippen LogP contribution >= 0.6 is 0 Å². The van der Waals surface area contributed by atoms with Crippen LogP contribution in [-0.2, 0) is 9.84 Å². The van der Waals surface area contributed by atoms with Crippen molar-refractivity contribution in [2.24, 2.45) is 11.7 Å². The zero-order valence-electron chi connectivity index (χ0n) is 8.35. The van der Waals surface area contributed by atoms with Crippen LogP contribution in [0.1, 0.15) is 12.8 Å². The van der Waals surface area contributed by atoms with Gasteiger partial charge < -0.3 is 5.73 Å². The Kier molecular flexibility index (Phi) is 2.81. The van der Waals surface area contributed by atoms with Crippen molar-refractivity contribution >= 4 is 9.84 Å². The normalized spacial score (nSPS) is 33.1. The molecule has 0 radical (unpaired) electrons. The summed E-state index contributed by atoms with van der Waals surface area (Å²) in [7, 11) is -2.81. The first-order chi connectivity index (χ1) is 6.61. The van der Waals surface area contributed by atoms with Crippen LogP contribution in [0.25, 0.3) is 0 Å². The van der Waals surface area contributed by atoms with Crippen molar-refractivity contribution in [2.75, 3.05) is 31.1 Å². The van der Waals surface area contributed by atoms with Crippen molar-refractivity contribution in [3.05, 3.63) is 0 Å². The number of hydrogen-bond donors (Lipinski definition) is 1. The van der Waals surface area contributed by atoms with Gasteiger partial charge in [-0.05, 0) is 18.8 Å². The lowest BCUT2D eigenvalue weighted by Gasteiger charge is -2.34. The van der Waals surface area contributed by atoms with Gasteiger partial charge in [0.25, 0.3) is 0 Å². The van der Waals surface area contributed by atoms with E-state index in [4.69, 9.17) is 5.73 Å². The van der Waals surface area contributed by atoms with Gasteiger partial charge in [0.05, 0.1) is 11.5 Å². The zero-order chi connectivity index (χ0) is 10.2. The van der Waals surface area contributed by atoms with E-state index in [-0.39, 0.29) is 11.8 Å². The highest BCUT2D eigenvalue weighted by Crippen LogP contribution is 2.30. The fourth-order valence-corrected chi connectivity index (χ4v) is 3.62. The summed E-state index contributed by atoms with van der Waals surface area (Å²) in [5.41, 5.74) is 5.60. The lowest BCUT2D eigenvalue weighted by atomic mass is 10.2. The fourth-order valence-electron chi connectivity index (χ4n) is 2.01. The van der Waals surface area contributed by atoms with Crippen molar-refractivity contribution in [3.63, 3.8) is 0 Å². The van der Waals surface area contributed by atoms with Crippen LogP contribution in [0.4, 0.5) is 0 Å². The molecular weight excluding hydrogens is 200 g/mol. The molecule has 2 rings (SSSR count). The molecule has 14 heavy (non-hydrogen) atoms. The van der Waals surface area contributed by atoms with E-state index in [1.807, 2.05) is 0 Å². The topological polar surface area (TPSA) is 63.4 Å². The van der Waals surface area contributed by atoms with Crippen molar-refractivity contribution in [1.82, 2.24) is 4.90 Å². The van der Waals surface area contributed by atoms with Gasteiger partial charge in [-0.3, -0.25) is 4.90 Å². The fraction of sp³-hybridized carbons (Fsp3) is 1.00. The summed E-state index contributed by atoms with van der Waals surface area (Å²) in [6.45, 7) is 2.20. The van der Waals surface area contributed by atoms with Crippen LogP contribution in [0.3, 0.4) is 0 Å². The third kappa shape index (κ3) is 2.46. The monoisotopic (exact) mass is 218 g/mol. The average molecular weight is 218 g/mol. The van der Waals surface area contributed by atoms with E-state index in [0.29, 0.717) is 18.8 Å². The molecule has 1 saturated carbocycles. The Morgan fingerprint density at radius 1 is 1.36 bits per heavy atom.